The van der Waals surface area contributed by atoms with Crippen LogP contribution in [0.3, 0.4) is 0 Å². The van der Waals surface area contributed by atoms with Crippen molar-refractivity contribution in [3.05, 3.63) is 35.2 Å². The predicted molar refractivity (Wildman–Crippen MR) is 86.8 cm³/mol. The van der Waals surface area contributed by atoms with Crippen molar-refractivity contribution >= 4 is 17.6 Å². The summed E-state index contributed by atoms with van der Waals surface area (Å²) in [6.07, 6.45) is 0. The summed E-state index contributed by atoms with van der Waals surface area (Å²) in [5.41, 5.74) is 1.34. The Balaban J connectivity index is 2.35. The van der Waals surface area contributed by atoms with E-state index in [1.165, 1.54) is 26.0 Å². The molecular weight excluding hydrogens is 314 g/mol. The molecule has 0 unspecified atom stereocenters. The fourth-order valence-corrected chi connectivity index (χ4v) is 2.16. The zero-order chi connectivity index (χ0) is 17.9. The van der Waals surface area contributed by atoms with Crippen molar-refractivity contribution in [2.45, 2.75) is 6.92 Å². The molecule has 0 aliphatic carbocycles. The van der Waals surface area contributed by atoms with Crippen LogP contribution in [0.2, 0.25) is 0 Å². The highest BCUT2D eigenvalue weighted by Crippen LogP contribution is 2.28. The third kappa shape index (κ3) is 3.17. The minimum absolute atomic E-state index is 0.0475. The molecule has 1 N–H and O–H groups in total. The number of hydrogen-bond acceptors (Lipinski definition) is 6. The van der Waals surface area contributed by atoms with Gasteiger partial charge in [0, 0.05) is 12.6 Å². The van der Waals surface area contributed by atoms with Gasteiger partial charge in [-0.25, -0.2) is 4.79 Å². The first kappa shape index (κ1) is 17.3. The molecule has 128 valence electrons. The van der Waals surface area contributed by atoms with E-state index in [1.807, 2.05) is 0 Å². The van der Waals surface area contributed by atoms with Crippen LogP contribution >= 0.6 is 0 Å². The van der Waals surface area contributed by atoms with Crippen LogP contribution in [-0.4, -0.2) is 43.0 Å². The normalized spacial score (nSPS) is 10.2. The Kier molecular flexibility index (Phi) is 5.08. The molecule has 0 aliphatic heterocycles. The van der Waals surface area contributed by atoms with E-state index in [2.05, 4.69) is 10.4 Å². The van der Waals surface area contributed by atoms with Gasteiger partial charge < -0.3 is 19.5 Å². The van der Waals surface area contributed by atoms with Gasteiger partial charge in [-0.2, -0.15) is 5.10 Å². The van der Waals surface area contributed by atoms with Gasteiger partial charge in [0.15, 0.2) is 17.2 Å². The number of carbonyl (C=O) groups excluding carboxylic acids is 2. The maximum atomic E-state index is 12.5. The molecule has 24 heavy (non-hydrogen) atoms. The number of methoxy groups -OCH3 is 3. The van der Waals surface area contributed by atoms with Crippen molar-refractivity contribution in [3.8, 4) is 11.5 Å². The summed E-state index contributed by atoms with van der Waals surface area (Å²) in [5.74, 6) is -0.0818. The lowest BCUT2D eigenvalue weighted by Gasteiger charge is -2.10. The smallest absolute Gasteiger partial charge is 0.360 e. The summed E-state index contributed by atoms with van der Waals surface area (Å²) in [6, 6.07) is 4.78. The highest BCUT2D eigenvalue weighted by atomic mass is 16.5. The Labute approximate surface area is 139 Å². The molecule has 1 aromatic carbocycles. The number of rotatable bonds is 5. The molecular formula is C16H19N3O5. The fourth-order valence-electron chi connectivity index (χ4n) is 2.16. The van der Waals surface area contributed by atoms with Crippen LogP contribution < -0.4 is 14.8 Å². The lowest BCUT2D eigenvalue weighted by Crippen LogP contribution is -2.15. The monoisotopic (exact) mass is 333 g/mol. The third-order valence-electron chi connectivity index (χ3n) is 3.60. The van der Waals surface area contributed by atoms with E-state index in [9.17, 15) is 9.59 Å². The van der Waals surface area contributed by atoms with Crippen molar-refractivity contribution in [2.24, 2.45) is 7.05 Å². The number of benzene rings is 1. The first-order valence-corrected chi connectivity index (χ1v) is 7.08. The number of aromatic nitrogens is 2. The third-order valence-corrected chi connectivity index (χ3v) is 3.60. The fraction of sp³-hybridized carbons (Fsp3) is 0.312. The zero-order valence-corrected chi connectivity index (χ0v) is 14.2. The molecule has 0 fully saturated rings. The number of carbonyl (C=O) groups is 2. The molecule has 0 radical (unpaired) electrons. The number of anilines is 1. The number of amides is 1. The Morgan fingerprint density at radius 1 is 1.12 bits per heavy atom. The molecule has 8 nitrogen and oxygen atoms in total. The quantitative estimate of drug-likeness (QED) is 0.839. The van der Waals surface area contributed by atoms with Gasteiger partial charge in [-0.3, -0.25) is 9.48 Å². The van der Waals surface area contributed by atoms with Crippen LogP contribution in [0.4, 0.5) is 5.69 Å². The van der Waals surface area contributed by atoms with E-state index in [4.69, 9.17) is 14.2 Å². The molecule has 1 heterocycles. The summed E-state index contributed by atoms with van der Waals surface area (Å²) >= 11 is 0. The van der Waals surface area contributed by atoms with Crippen LogP contribution in [0.5, 0.6) is 11.5 Å². The molecule has 0 aliphatic rings. The maximum absolute atomic E-state index is 12.5. The molecule has 2 aromatic rings. The minimum Gasteiger partial charge on any atom is -0.493 e. The van der Waals surface area contributed by atoms with Gasteiger partial charge in [-0.15, -0.1) is 0 Å². The minimum atomic E-state index is -0.624. The molecule has 0 bridgehead atoms. The molecule has 8 heteroatoms. The van der Waals surface area contributed by atoms with Crippen molar-refractivity contribution in [2.75, 3.05) is 26.6 Å². The van der Waals surface area contributed by atoms with Crippen LogP contribution in [0.15, 0.2) is 18.2 Å². The number of ether oxygens (including phenoxy) is 3. The molecule has 0 spiro atoms. The van der Waals surface area contributed by atoms with Crippen molar-refractivity contribution in [3.63, 3.8) is 0 Å². The van der Waals surface area contributed by atoms with E-state index in [1.54, 1.807) is 32.2 Å². The first-order valence-electron chi connectivity index (χ1n) is 7.08. The largest absolute Gasteiger partial charge is 0.493 e. The summed E-state index contributed by atoms with van der Waals surface area (Å²) in [6.45, 7) is 1.74. The second-order valence-corrected chi connectivity index (χ2v) is 4.95. The standard InChI is InChI=1S/C16H19N3O5/c1-9-13(14(16(21)24-5)18-19(9)2)17-15(20)10-6-7-11(22-3)12(8-10)23-4/h6-8H,1-5H3,(H,17,20). The van der Waals surface area contributed by atoms with E-state index < -0.39 is 11.9 Å². The topological polar surface area (TPSA) is 91.7 Å². The zero-order valence-electron chi connectivity index (χ0n) is 14.2. The Morgan fingerprint density at radius 3 is 2.38 bits per heavy atom. The van der Waals surface area contributed by atoms with Gasteiger partial charge in [0.25, 0.3) is 5.91 Å². The van der Waals surface area contributed by atoms with Gasteiger partial charge in [-0.05, 0) is 25.1 Å². The highest BCUT2D eigenvalue weighted by Gasteiger charge is 2.22. The average molecular weight is 333 g/mol. The van der Waals surface area contributed by atoms with Crippen molar-refractivity contribution in [1.29, 1.82) is 0 Å². The molecule has 2 rings (SSSR count). The molecule has 1 amide bonds. The van der Waals surface area contributed by atoms with Gasteiger partial charge in [0.1, 0.15) is 0 Å². The lowest BCUT2D eigenvalue weighted by atomic mass is 10.1. The van der Waals surface area contributed by atoms with Crippen LogP contribution in [-0.2, 0) is 11.8 Å². The molecule has 0 saturated heterocycles. The van der Waals surface area contributed by atoms with Crippen molar-refractivity contribution in [1.82, 2.24) is 9.78 Å². The second kappa shape index (κ2) is 7.03. The highest BCUT2D eigenvalue weighted by molar-refractivity contribution is 6.08. The first-order chi connectivity index (χ1) is 11.4. The van der Waals surface area contributed by atoms with Crippen LogP contribution in [0, 0.1) is 6.92 Å². The second-order valence-electron chi connectivity index (χ2n) is 4.95. The van der Waals surface area contributed by atoms with E-state index in [-0.39, 0.29) is 5.69 Å². The van der Waals surface area contributed by atoms with E-state index in [0.717, 1.165) is 0 Å². The number of nitrogens with zero attached hydrogens (tertiary/aromatic N) is 2. The van der Waals surface area contributed by atoms with Crippen LogP contribution in [0.1, 0.15) is 26.5 Å². The van der Waals surface area contributed by atoms with Gasteiger partial charge >= 0.3 is 5.97 Å². The average Bonchev–Trinajstić information content (AvgIpc) is 2.88. The Hall–Kier alpha value is -3.03. The predicted octanol–water partition coefficient (Wildman–Crippen LogP) is 1.78. The number of nitrogens with one attached hydrogen (secondary N) is 1. The summed E-state index contributed by atoms with van der Waals surface area (Å²) in [5, 5.41) is 6.77. The SMILES string of the molecule is COC(=O)c1nn(C)c(C)c1NC(=O)c1ccc(OC)c(OC)c1. The summed E-state index contributed by atoms with van der Waals surface area (Å²) in [7, 11) is 5.93. The molecule has 0 saturated carbocycles. The number of hydrogen-bond donors (Lipinski definition) is 1. The number of aryl methyl sites for hydroxylation is 1. The molecule has 1 aromatic heterocycles. The Morgan fingerprint density at radius 2 is 1.79 bits per heavy atom. The number of esters is 1. The van der Waals surface area contributed by atoms with Gasteiger partial charge in [0.2, 0.25) is 0 Å². The van der Waals surface area contributed by atoms with Crippen LogP contribution in [0.25, 0.3) is 0 Å². The lowest BCUT2D eigenvalue weighted by molar-refractivity contribution is 0.0594. The van der Waals surface area contributed by atoms with Gasteiger partial charge in [0.05, 0.1) is 32.7 Å². The van der Waals surface area contributed by atoms with Crippen molar-refractivity contribution < 1.29 is 23.8 Å². The summed E-state index contributed by atoms with van der Waals surface area (Å²) in [4.78, 5) is 24.3. The van der Waals surface area contributed by atoms with E-state index in [0.29, 0.717) is 28.4 Å². The van der Waals surface area contributed by atoms with Gasteiger partial charge in [-0.1, -0.05) is 0 Å². The summed E-state index contributed by atoms with van der Waals surface area (Å²) < 4.78 is 16.5. The van der Waals surface area contributed by atoms with E-state index >= 15 is 0 Å². The Bertz CT molecular complexity index is 782. The molecule has 0 atom stereocenters. The maximum Gasteiger partial charge on any atom is 0.360 e.